The van der Waals surface area contributed by atoms with Gasteiger partial charge in [-0.2, -0.15) is 0 Å². The maximum absolute atomic E-state index is 12.1. The zero-order chi connectivity index (χ0) is 17.3. The second-order valence-electron chi connectivity index (χ2n) is 7.54. The molecule has 0 aromatic carbocycles. The molecule has 1 fully saturated rings. The number of carbonyl (C=O) groups excluding carboxylic acids is 1. The Morgan fingerprint density at radius 2 is 2.25 bits per heavy atom. The molecule has 6 heteroatoms. The average Bonchev–Trinajstić information content (AvgIpc) is 3.08. The monoisotopic (exact) mass is 350 g/mol. The van der Waals surface area contributed by atoms with Crippen molar-refractivity contribution in [2.45, 2.75) is 51.0 Å². The van der Waals surface area contributed by atoms with Crippen molar-refractivity contribution in [3.05, 3.63) is 24.0 Å². The third-order valence-electron chi connectivity index (χ3n) is 4.18. The minimum absolute atomic E-state index is 0.205. The van der Waals surface area contributed by atoms with Crippen molar-refractivity contribution in [1.82, 2.24) is 4.90 Å². The van der Waals surface area contributed by atoms with Crippen molar-refractivity contribution in [3.8, 4) is 0 Å². The highest BCUT2D eigenvalue weighted by molar-refractivity contribution is 8.14. The molecule has 0 aromatic rings. The summed E-state index contributed by atoms with van der Waals surface area (Å²) in [6.45, 7) is 9.79. The van der Waals surface area contributed by atoms with Gasteiger partial charge in [-0.25, -0.2) is 4.79 Å². The summed E-state index contributed by atoms with van der Waals surface area (Å²) in [6.07, 6.45) is 7.05. The van der Waals surface area contributed by atoms with Gasteiger partial charge in [0.2, 0.25) is 0 Å². The number of hydrogen-bond acceptors (Lipinski definition) is 5. The van der Waals surface area contributed by atoms with E-state index >= 15 is 0 Å². The molecular formula is C18H26N2O3S. The summed E-state index contributed by atoms with van der Waals surface area (Å²) in [5.74, 6) is 1.25. The van der Waals surface area contributed by atoms with Gasteiger partial charge in [-0.3, -0.25) is 4.99 Å². The van der Waals surface area contributed by atoms with Crippen LogP contribution in [0.15, 0.2) is 29.0 Å². The van der Waals surface area contributed by atoms with Gasteiger partial charge < -0.3 is 14.4 Å². The first-order chi connectivity index (χ1) is 11.3. The molecule has 2 heterocycles. The number of fused-ring (bicyclic) bond motifs is 1. The van der Waals surface area contributed by atoms with Gasteiger partial charge in [-0.05, 0) is 46.3 Å². The topological polar surface area (TPSA) is 51.1 Å². The Hall–Kier alpha value is -1.43. The molecule has 1 aliphatic carbocycles. The molecule has 2 aliphatic heterocycles. The summed E-state index contributed by atoms with van der Waals surface area (Å²) >= 11 is 1.81. The van der Waals surface area contributed by atoms with E-state index in [-0.39, 0.29) is 12.1 Å². The van der Waals surface area contributed by atoms with Gasteiger partial charge in [0.05, 0.1) is 22.9 Å². The predicted molar refractivity (Wildman–Crippen MR) is 97.4 cm³/mol. The molecule has 1 amide bonds. The summed E-state index contributed by atoms with van der Waals surface area (Å²) in [7, 11) is 0. The normalized spacial score (nSPS) is 29.2. The van der Waals surface area contributed by atoms with Crippen LogP contribution in [0, 0.1) is 5.92 Å². The second kappa shape index (κ2) is 6.82. The van der Waals surface area contributed by atoms with Crippen LogP contribution in [0.1, 0.15) is 34.1 Å². The van der Waals surface area contributed by atoms with Crippen LogP contribution < -0.4 is 0 Å². The third kappa shape index (κ3) is 4.35. The largest absolute Gasteiger partial charge is 0.494 e. The molecule has 3 rings (SSSR count). The Kier molecular flexibility index (Phi) is 4.95. The highest BCUT2D eigenvalue weighted by atomic mass is 32.2. The van der Waals surface area contributed by atoms with E-state index in [1.165, 1.54) is 0 Å². The molecular weight excluding hydrogens is 324 g/mol. The lowest BCUT2D eigenvalue weighted by Gasteiger charge is -2.24. The molecule has 132 valence electrons. The SMILES string of the molecule is CC1=N[C@@H]2C=C(OC[C@@H]3CCN(C(=O)OC(C)(C)C)C3)C=C[C@H]2S1. The number of amides is 1. The highest BCUT2D eigenvalue weighted by Crippen LogP contribution is 2.32. The number of thioether (sulfide) groups is 1. The third-order valence-corrected chi connectivity index (χ3v) is 5.34. The van der Waals surface area contributed by atoms with Gasteiger partial charge in [0.1, 0.15) is 11.4 Å². The number of nitrogens with zero attached hydrogens (tertiary/aromatic N) is 2. The molecule has 0 saturated carbocycles. The summed E-state index contributed by atoms with van der Waals surface area (Å²) in [5, 5.41) is 1.56. The molecule has 0 radical (unpaired) electrons. The van der Waals surface area contributed by atoms with Gasteiger partial charge in [-0.1, -0.05) is 6.08 Å². The molecule has 0 bridgehead atoms. The molecule has 0 aromatic heterocycles. The van der Waals surface area contributed by atoms with Crippen LogP contribution in [-0.2, 0) is 9.47 Å². The molecule has 0 N–H and O–H groups in total. The maximum atomic E-state index is 12.1. The molecule has 1 saturated heterocycles. The Morgan fingerprint density at radius 3 is 3.00 bits per heavy atom. The van der Waals surface area contributed by atoms with Crippen LogP contribution in [0.4, 0.5) is 4.79 Å². The molecule has 5 nitrogen and oxygen atoms in total. The van der Waals surface area contributed by atoms with E-state index in [1.807, 2.05) is 38.6 Å². The minimum atomic E-state index is -0.447. The molecule has 3 aliphatic rings. The number of hydrogen-bond donors (Lipinski definition) is 0. The fourth-order valence-corrected chi connectivity index (χ4v) is 4.06. The van der Waals surface area contributed by atoms with Crippen LogP contribution in [0.2, 0.25) is 0 Å². The zero-order valence-corrected chi connectivity index (χ0v) is 15.6. The van der Waals surface area contributed by atoms with Gasteiger partial charge in [0.15, 0.2) is 0 Å². The minimum Gasteiger partial charge on any atom is -0.494 e. The Labute approximate surface area is 148 Å². The van der Waals surface area contributed by atoms with Crippen molar-refractivity contribution < 1.29 is 14.3 Å². The van der Waals surface area contributed by atoms with Crippen LogP contribution in [0.25, 0.3) is 0 Å². The standard InChI is InChI=1S/C18H26N2O3S/c1-12-19-15-9-14(5-6-16(15)24-12)22-11-13-7-8-20(10-13)17(21)23-18(2,3)4/h5-6,9,13,15-16H,7-8,10-11H2,1-4H3/t13-,15-,16-/m1/s1. The lowest BCUT2D eigenvalue weighted by atomic mass is 10.1. The first kappa shape index (κ1) is 17.4. The number of rotatable bonds is 3. The quantitative estimate of drug-likeness (QED) is 0.780. The maximum Gasteiger partial charge on any atom is 0.410 e. The van der Waals surface area contributed by atoms with Gasteiger partial charge >= 0.3 is 6.09 Å². The highest BCUT2D eigenvalue weighted by Gasteiger charge is 2.31. The van der Waals surface area contributed by atoms with E-state index in [0.717, 1.165) is 23.8 Å². The smallest absolute Gasteiger partial charge is 0.410 e. The number of carbonyl (C=O) groups is 1. The van der Waals surface area contributed by atoms with Crippen molar-refractivity contribution in [2.24, 2.45) is 10.9 Å². The average molecular weight is 350 g/mol. The van der Waals surface area contributed by atoms with E-state index in [0.29, 0.717) is 24.3 Å². The van der Waals surface area contributed by atoms with E-state index in [4.69, 9.17) is 9.47 Å². The summed E-state index contributed by atoms with van der Waals surface area (Å²) in [6, 6.07) is 0.205. The van der Waals surface area contributed by atoms with E-state index in [9.17, 15) is 4.79 Å². The lowest BCUT2D eigenvalue weighted by molar-refractivity contribution is 0.0282. The van der Waals surface area contributed by atoms with E-state index in [1.54, 1.807) is 4.90 Å². The fourth-order valence-electron chi connectivity index (χ4n) is 3.05. The second-order valence-corrected chi connectivity index (χ2v) is 8.91. The van der Waals surface area contributed by atoms with Crippen molar-refractivity contribution in [2.75, 3.05) is 19.7 Å². The molecule has 0 spiro atoms. The van der Waals surface area contributed by atoms with Crippen molar-refractivity contribution >= 4 is 22.9 Å². The van der Waals surface area contributed by atoms with Gasteiger partial charge in [0.25, 0.3) is 0 Å². The first-order valence-electron chi connectivity index (χ1n) is 8.52. The molecule has 0 unspecified atom stereocenters. The van der Waals surface area contributed by atoms with Crippen LogP contribution in [0.3, 0.4) is 0 Å². The molecule has 24 heavy (non-hydrogen) atoms. The number of ether oxygens (including phenoxy) is 2. The Balaban J connectivity index is 1.46. The van der Waals surface area contributed by atoms with Gasteiger partial charge in [-0.15, -0.1) is 11.8 Å². The first-order valence-corrected chi connectivity index (χ1v) is 9.40. The van der Waals surface area contributed by atoms with Crippen molar-refractivity contribution in [3.63, 3.8) is 0 Å². The molecule has 3 atom stereocenters. The van der Waals surface area contributed by atoms with Crippen molar-refractivity contribution in [1.29, 1.82) is 0 Å². The lowest BCUT2D eigenvalue weighted by Crippen LogP contribution is -2.35. The van der Waals surface area contributed by atoms with Crippen LogP contribution in [0.5, 0.6) is 0 Å². The van der Waals surface area contributed by atoms with E-state index in [2.05, 4.69) is 24.1 Å². The Bertz CT molecular complexity index is 592. The summed E-state index contributed by atoms with van der Waals surface area (Å²) < 4.78 is 11.4. The van der Waals surface area contributed by atoms with Crippen LogP contribution in [-0.4, -0.2) is 52.6 Å². The number of allylic oxidation sites excluding steroid dienone is 1. The summed E-state index contributed by atoms with van der Waals surface area (Å²) in [4.78, 5) is 18.5. The Morgan fingerprint density at radius 1 is 1.46 bits per heavy atom. The number of likely N-dealkylation sites (tertiary alicyclic amines) is 1. The fraction of sp³-hybridized carbons (Fsp3) is 0.667. The summed E-state index contributed by atoms with van der Waals surface area (Å²) in [5.41, 5.74) is -0.447. The van der Waals surface area contributed by atoms with Crippen LogP contribution >= 0.6 is 11.8 Å². The predicted octanol–water partition coefficient (Wildman–Crippen LogP) is 3.62. The van der Waals surface area contributed by atoms with Gasteiger partial charge in [0, 0.05) is 19.0 Å². The number of aliphatic imine (C=N–C) groups is 1. The zero-order valence-electron chi connectivity index (χ0n) is 14.8. The van der Waals surface area contributed by atoms with E-state index < -0.39 is 5.60 Å².